The molecule has 170 valence electrons. The van der Waals surface area contributed by atoms with Crippen LogP contribution in [0.3, 0.4) is 0 Å². The number of benzene rings is 1. The molecule has 2 N–H and O–H groups in total. The number of nitrogens with zero attached hydrogens (tertiary/aromatic N) is 3. The Morgan fingerprint density at radius 3 is 2.59 bits per heavy atom. The maximum atomic E-state index is 12.5. The van der Waals surface area contributed by atoms with Gasteiger partial charge >= 0.3 is 6.18 Å². The fraction of sp³-hybridized carbons (Fsp3) is 0.333. The standard InChI is InChI=1S/C21H22F3N5O3/c1-13-9-15(3-4-18(13)32-12-21(22,23)24)10-29-11-16-17(28-29)5-6-26-19(16)20(31)27-8-7-25-14(2)30/h3-6,9,11H,7-8,10,12H2,1-2H3,(H,25,30)(H,27,31). The van der Waals surface area contributed by atoms with Gasteiger partial charge in [-0.3, -0.25) is 19.3 Å². The van der Waals surface area contributed by atoms with Gasteiger partial charge in [0.2, 0.25) is 5.91 Å². The Morgan fingerprint density at radius 1 is 1.16 bits per heavy atom. The summed E-state index contributed by atoms with van der Waals surface area (Å²) in [6, 6.07) is 6.57. The molecule has 0 fully saturated rings. The van der Waals surface area contributed by atoms with Crippen LogP contribution in [0.4, 0.5) is 13.2 Å². The van der Waals surface area contributed by atoms with Gasteiger partial charge in [0.15, 0.2) is 6.61 Å². The number of nitrogens with one attached hydrogen (secondary N) is 2. The van der Waals surface area contributed by atoms with Gasteiger partial charge in [-0.25, -0.2) is 0 Å². The molecule has 0 spiro atoms. The van der Waals surface area contributed by atoms with E-state index >= 15 is 0 Å². The van der Waals surface area contributed by atoms with E-state index in [2.05, 4.69) is 20.7 Å². The average Bonchev–Trinajstić information content (AvgIpc) is 3.12. The van der Waals surface area contributed by atoms with Gasteiger partial charge in [-0.15, -0.1) is 0 Å². The van der Waals surface area contributed by atoms with Gasteiger partial charge in [-0.1, -0.05) is 12.1 Å². The maximum Gasteiger partial charge on any atom is 0.422 e. The summed E-state index contributed by atoms with van der Waals surface area (Å²) >= 11 is 0. The highest BCUT2D eigenvalue weighted by atomic mass is 19.4. The van der Waals surface area contributed by atoms with Crippen molar-refractivity contribution in [3.63, 3.8) is 0 Å². The smallest absolute Gasteiger partial charge is 0.422 e. The molecule has 3 aromatic rings. The molecular weight excluding hydrogens is 427 g/mol. The third kappa shape index (κ3) is 6.19. The zero-order valence-electron chi connectivity index (χ0n) is 17.5. The number of aryl methyl sites for hydroxylation is 1. The predicted molar refractivity (Wildman–Crippen MR) is 110 cm³/mol. The topological polar surface area (TPSA) is 98.1 Å². The van der Waals surface area contributed by atoms with Crippen LogP contribution in [0, 0.1) is 6.92 Å². The van der Waals surface area contributed by atoms with Crippen molar-refractivity contribution in [3.8, 4) is 5.75 Å². The first-order chi connectivity index (χ1) is 15.1. The highest BCUT2D eigenvalue weighted by Crippen LogP contribution is 2.23. The number of halogens is 3. The number of hydrogen-bond donors (Lipinski definition) is 2. The molecule has 0 unspecified atom stereocenters. The molecule has 0 aliphatic carbocycles. The fourth-order valence-electron chi connectivity index (χ4n) is 3.07. The van der Waals surface area contributed by atoms with Crippen LogP contribution in [-0.2, 0) is 11.3 Å². The van der Waals surface area contributed by atoms with Crippen molar-refractivity contribution < 1.29 is 27.5 Å². The van der Waals surface area contributed by atoms with Crippen LogP contribution in [0.1, 0.15) is 28.5 Å². The van der Waals surface area contributed by atoms with E-state index in [1.165, 1.54) is 19.2 Å². The average molecular weight is 449 g/mol. The summed E-state index contributed by atoms with van der Waals surface area (Å²) in [7, 11) is 0. The molecule has 3 rings (SSSR count). The summed E-state index contributed by atoms with van der Waals surface area (Å²) in [4.78, 5) is 27.5. The van der Waals surface area contributed by atoms with Crippen molar-refractivity contribution in [1.29, 1.82) is 0 Å². The lowest BCUT2D eigenvalue weighted by molar-refractivity contribution is -0.153. The number of amides is 2. The van der Waals surface area contributed by atoms with Crippen molar-refractivity contribution in [2.24, 2.45) is 0 Å². The first kappa shape index (κ1) is 23.0. The summed E-state index contributed by atoms with van der Waals surface area (Å²) in [5.74, 6) is -0.405. The van der Waals surface area contributed by atoms with Crippen LogP contribution in [0.2, 0.25) is 0 Å². The number of ether oxygens (including phenoxy) is 1. The highest BCUT2D eigenvalue weighted by Gasteiger charge is 2.28. The monoisotopic (exact) mass is 449 g/mol. The van der Waals surface area contributed by atoms with Gasteiger partial charge in [0, 0.05) is 32.4 Å². The summed E-state index contributed by atoms with van der Waals surface area (Å²) in [6.45, 7) is 2.62. The van der Waals surface area contributed by atoms with Gasteiger partial charge < -0.3 is 15.4 Å². The molecule has 0 radical (unpaired) electrons. The van der Waals surface area contributed by atoms with E-state index < -0.39 is 12.8 Å². The zero-order valence-corrected chi connectivity index (χ0v) is 17.5. The quantitative estimate of drug-likeness (QED) is 0.515. The Bertz CT molecular complexity index is 1130. The molecule has 0 saturated carbocycles. The molecule has 0 saturated heterocycles. The highest BCUT2D eigenvalue weighted by molar-refractivity contribution is 6.04. The molecule has 11 heteroatoms. The summed E-state index contributed by atoms with van der Waals surface area (Å²) in [5.41, 5.74) is 2.17. The van der Waals surface area contributed by atoms with Crippen LogP contribution in [-0.4, -0.2) is 52.5 Å². The van der Waals surface area contributed by atoms with Gasteiger partial charge in [0.1, 0.15) is 11.4 Å². The minimum absolute atomic E-state index is 0.166. The number of pyridine rings is 1. The molecule has 0 atom stereocenters. The Kier molecular flexibility index (Phi) is 6.96. The van der Waals surface area contributed by atoms with E-state index in [1.54, 1.807) is 36.0 Å². The number of rotatable bonds is 8. The van der Waals surface area contributed by atoms with Crippen molar-refractivity contribution in [2.45, 2.75) is 26.6 Å². The molecule has 1 aromatic carbocycles. The van der Waals surface area contributed by atoms with Crippen molar-refractivity contribution in [2.75, 3.05) is 19.7 Å². The Labute approximate surface area is 181 Å². The van der Waals surface area contributed by atoms with Gasteiger partial charge in [0.25, 0.3) is 5.91 Å². The van der Waals surface area contributed by atoms with E-state index in [1.807, 2.05) is 0 Å². The van der Waals surface area contributed by atoms with Crippen LogP contribution in [0.25, 0.3) is 10.9 Å². The first-order valence-corrected chi connectivity index (χ1v) is 9.76. The number of hydrogen-bond acceptors (Lipinski definition) is 5. The van der Waals surface area contributed by atoms with E-state index in [9.17, 15) is 22.8 Å². The Morgan fingerprint density at radius 2 is 1.91 bits per heavy atom. The molecule has 8 nitrogen and oxygen atoms in total. The number of carbonyl (C=O) groups excluding carboxylic acids is 2. The van der Waals surface area contributed by atoms with Crippen LogP contribution in [0.5, 0.6) is 5.75 Å². The maximum absolute atomic E-state index is 12.5. The van der Waals surface area contributed by atoms with Gasteiger partial charge in [-0.05, 0) is 30.2 Å². The SMILES string of the molecule is CC(=O)NCCNC(=O)c1nccc2nn(Cc3ccc(OCC(F)(F)F)c(C)c3)cc12. The third-order valence-electron chi connectivity index (χ3n) is 4.46. The number of carbonyl (C=O) groups is 2. The van der Waals surface area contributed by atoms with Crippen LogP contribution in [0.15, 0.2) is 36.7 Å². The third-order valence-corrected chi connectivity index (χ3v) is 4.46. The van der Waals surface area contributed by atoms with Gasteiger partial charge in [-0.2, -0.15) is 18.3 Å². The molecule has 2 aromatic heterocycles. The second-order valence-electron chi connectivity index (χ2n) is 7.16. The molecular formula is C21H22F3N5O3. The van der Waals surface area contributed by atoms with Crippen LogP contribution < -0.4 is 15.4 Å². The van der Waals surface area contributed by atoms with E-state index in [0.29, 0.717) is 29.6 Å². The van der Waals surface area contributed by atoms with Crippen molar-refractivity contribution in [3.05, 3.63) is 53.5 Å². The predicted octanol–water partition coefficient (Wildman–Crippen LogP) is 2.60. The molecule has 0 aliphatic heterocycles. The molecule has 0 aliphatic rings. The lowest BCUT2D eigenvalue weighted by atomic mass is 10.1. The molecule has 32 heavy (non-hydrogen) atoms. The summed E-state index contributed by atoms with van der Waals surface area (Å²) in [5, 5.41) is 10.3. The molecule has 0 bridgehead atoms. The van der Waals surface area contributed by atoms with E-state index in [0.717, 1.165) is 5.56 Å². The van der Waals surface area contributed by atoms with Crippen LogP contribution >= 0.6 is 0 Å². The number of fused-ring (bicyclic) bond motifs is 1. The first-order valence-electron chi connectivity index (χ1n) is 9.76. The Balaban J connectivity index is 1.71. The van der Waals surface area contributed by atoms with E-state index in [-0.39, 0.29) is 29.8 Å². The lowest BCUT2D eigenvalue weighted by Crippen LogP contribution is -2.34. The lowest BCUT2D eigenvalue weighted by Gasteiger charge is -2.12. The zero-order chi connectivity index (χ0) is 23.3. The normalized spacial score (nSPS) is 11.4. The summed E-state index contributed by atoms with van der Waals surface area (Å²) in [6.07, 6.45) is -1.23. The summed E-state index contributed by atoms with van der Waals surface area (Å²) < 4.78 is 43.5. The molecule has 2 amide bonds. The molecule has 2 heterocycles. The largest absolute Gasteiger partial charge is 0.484 e. The fourth-order valence-corrected chi connectivity index (χ4v) is 3.07. The van der Waals surface area contributed by atoms with Crippen molar-refractivity contribution in [1.82, 2.24) is 25.4 Å². The Hall–Kier alpha value is -3.63. The number of alkyl halides is 3. The second-order valence-corrected chi connectivity index (χ2v) is 7.16. The number of aromatic nitrogens is 3. The second kappa shape index (κ2) is 9.67. The minimum atomic E-state index is -4.40. The van der Waals surface area contributed by atoms with Gasteiger partial charge in [0.05, 0.1) is 17.4 Å². The minimum Gasteiger partial charge on any atom is -0.484 e. The van der Waals surface area contributed by atoms with E-state index in [4.69, 9.17) is 4.74 Å². The van der Waals surface area contributed by atoms with Crippen molar-refractivity contribution >= 4 is 22.7 Å².